The van der Waals surface area contributed by atoms with Crippen molar-refractivity contribution >= 4 is 11.9 Å². The number of aliphatic carboxylic acids is 1. The van der Waals surface area contributed by atoms with Gasteiger partial charge >= 0.3 is 5.97 Å². The third-order valence-corrected chi connectivity index (χ3v) is 3.76. The van der Waals surface area contributed by atoms with E-state index in [9.17, 15) is 9.59 Å². The summed E-state index contributed by atoms with van der Waals surface area (Å²) in [6, 6.07) is 0. The Morgan fingerprint density at radius 2 is 2.11 bits per heavy atom. The fraction of sp³-hybridized carbons (Fsp3) is 0.846. The number of carboxylic acid groups (broad SMARTS) is 1. The van der Waals surface area contributed by atoms with Crippen LogP contribution >= 0.6 is 0 Å². The minimum Gasteiger partial charge on any atom is -0.480 e. The van der Waals surface area contributed by atoms with Crippen LogP contribution in [0, 0.1) is 11.3 Å². The van der Waals surface area contributed by atoms with E-state index in [1.807, 2.05) is 0 Å². The summed E-state index contributed by atoms with van der Waals surface area (Å²) in [7, 11) is 1.54. The molecular weight excluding hydrogens is 234 g/mol. The molecule has 0 aromatic heterocycles. The molecule has 5 nitrogen and oxygen atoms in total. The molecule has 0 aliphatic heterocycles. The Kier molecular flexibility index (Phi) is 5.14. The summed E-state index contributed by atoms with van der Waals surface area (Å²) in [5.74, 6) is -1.08. The molecule has 1 fully saturated rings. The monoisotopic (exact) mass is 257 g/mol. The third-order valence-electron chi connectivity index (χ3n) is 3.76. The van der Waals surface area contributed by atoms with Gasteiger partial charge in [0.1, 0.15) is 6.54 Å². The molecule has 1 rings (SSSR count). The molecule has 1 amide bonds. The molecule has 5 heteroatoms. The first-order chi connectivity index (χ1) is 8.38. The second-order valence-corrected chi connectivity index (χ2v) is 5.58. The fourth-order valence-corrected chi connectivity index (χ4v) is 2.64. The van der Waals surface area contributed by atoms with Crippen molar-refractivity contribution in [3.05, 3.63) is 0 Å². The van der Waals surface area contributed by atoms with Gasteiger partial charge in [0.2, 0.25) is 5.91 Å². The Morgan fingerprint density at radius 3 is 2.56 bits per heavy atom. The molecule has 1 unspecified atom stereocenters. The van der Waals surface area contributed by atoms with Crippen molar-refractivity contribution < 1.29 is 19.4 Å². The molecule has 1 aliphatic carbocycles. The Balaban J connectivity index is 2.71. The standard InChI is InChI=1S/C13H23NO4/c1-13(2)6-4-5-10(13)12(17)14(7-8-18-3)9-11(15)16/h10H,4-9H2,1-3H3,(H,15,16). The van der Waals surface area contributed by atoms with E-state index in [2.05, 4.69) is 13.8 Å². The van der Waals surface area contributed by atoms with Crippen LogP contribution in [0.1, 0.15) is 33.1 Å². The molecule has 1 saturated carbocycles. The Hall–Kier alpha value is -1.10. The van der Waals surface area contributed by atoms with Gasteiger partial charge in [-0.2, -0.15) is 0 Å². The van der Waals surface area contributed by atoms with Gasteiger partial charge < -0.3 is 14.7 Å². The maximum atomic E-state index is 12.4. The summed E-state index contributed by atoms with van der Waals surface area (Å²) in [5, 5.41) is 8.87. The molecule has 1 atom stereocenters. The highest BCUT2D eigenvalue weighted by Gasteiger charge is 2.41. The van der Waals surface area contributed by atoms with Crippen molar-refractivity contribution in [3.63, 3.8) is 0 Å². The van der Waals surface area contributed by atoms with Crippen LogP contribution < -0.4 is 0 Å². The number of nitrogens with zero attached hydrogens (tertiary/aromatic N) is 1. The van der Waals surface area contributed by atoms with Crippen LogP contribution in [-0.2, 0) is 14.3 Å². The van der Waals surface area contributed by atoms with Crippen molar-refractivity contribution in [2.75, 3.05) is 26.8 Å². The number of methoxy groups -OCH3 is 1. The molecule has 0 aromatic rings. The second-order valence-electron chi connectivity index (χ2n) is 5.58. The molecule has 0 bridgehead atoms. The first-order valence-corrected chi connectivity index (χ1v) is 6.38. The number of hydrogen-bond acceptors (Lipinski definition) is 3. The second kappa shape index (κ2) is 6.18. The van der Waals surface area contributed by atoms with Gasteiger partial charge in [-0.3, -0.25) is 9.59 Å². The zero-order chi connectivity index (χ0) is 13.8. The zero-order valence-electron chi connectivity index (χ0n) is 11.4. The number of carboxylic acids is 1. The fourth-order valence-electron chi connectivity index (χ4n) is 2.64. The first kappa shape index (κ1) is 15.0. The van der Waals surface area contributed by atoms with Gasteiger partial charge in [0.05, 0.1) is 6.61 Å². The lowest BCUT2D eigenvalue weighted by Gasteiger charge is -2.31. The Bertz CT molecular complexity index is 314. The van der Waals surface area contributed by atoms with Crippen molar-refractivity contribution in [2.45, 2.75) is 33.1 Å². The highest BCUT2D eigenvalue weighted by Crippen LogP contribution is 2.43. The van der Waals surface area contributed by atoms with Crippen LogP contribution in [-0.4, -0.2) is 48.7 Å². The summed E-state index contributed by atoms with van der Waals surface area (Å²) in [4.78, 5) is 24.6. The van der Waals surface area contributed by atoms with E-state index in [-0.39, 0.29) is 23.8 Å². The van der Waals surface area contributed by atoms with Crippen molar-refractivity contribution in [1.82, 2.24) is 4.90 Å². The van der Waals surface area contributed by atoms with Crippen LogP contribution in [0.2, 0.25) is 0 Å². The molecule has 104 valence electrons. The average molecular weight is 257 g/mol. The number of carbonyl (C=O) groups is 2. The largest absolute Gasteiger partial charge is 0.480 e. The van der Waals surface area contributed by atoms with E-state index in [1.54, 1.807) is 7.11 Å². The van der Waals surface area contributed by atoms with Crippen molar-refractivity contribution in [2.24, 2.45) is 11.3 Å². The normalized spacial score (nSPS) is 21.8. The minimum absolute atomic E-state index is 0.0269. The molecule has 0 saturated heterocycles. The first-order valence-electron chi connectivity index (χ1n) is 6.38. The molecule has 0 radical (unpaired) electrons. The highest BCUT2D eigenvalue weighted by atomic mass is 16.5. The van der Waals surface area contributed by atoms with Gasteiger partial charge in [-0.15, -0.1) is 0 Å². The van der Waals surface area contributed by atoms with Gasteiger partial charge in [-0.05, 0) is 18.3 Å². The Morgan fingerprint density at radius 1 is 1.44 bits per heavy atom. The van der Waals surface area contributed by atoms with Crippen LogP contribution in [0.4, 0.5) is 0 Å². The van der Waals surface area contributed by atoms with E-state index >= 15 is 0 Å². The van der Waals surface area contributed by atoms with Gasteiger partial charge in [0.25, 0.3) is 0 Å². The van der Waals surface area contributed by atoms with Crippen LogP contribution in [0.3, 0.4) is 0 Å². The molecule has 1 N–H and O–H groups in total. The Labute approximate surface area is 108 Å². The minimum atomic E-state index is -0.977. The number of ether oxygens (including phenoxy) is 1. The number of amides is 1. The van der Waals surface area contributed by atoms with Crippen LogP contribution in [0.15, 0.2) is 0 Å². The van der Waals surface area contributed by atoms with Gasteiger partial charge in [-0.1, -0.05) is 20.3 Å². The SMILES string of the molecule is COCCN(CC(=O)O)C(=O)C1CCCC1(C)C. The predicted octanol–water partition coefficient (Wildman–Crippen LogP) is 1.37. The lowest BCUT2D eigenvalue weighted by atomic mass is 9.81. The van der Waals surface area contributed by atoms with Gasteiger partial charge in [0, 0.05) is 19.6 Å². The van der Waals surface area contributed by atoms with Crippen LogP contribution in [0.5, 0.6) is 0 Å². The van der Waals surface area contributed by atoms with E-state index in [4.69, 9.17) is 9.84 Å². The summed E-state index contributed by atoms with van der Waals surface area (Å²) >= 11 is 0. The molecule has 0 aromatic carbocycles. The molecule has 1 aliphatic rings. The molecular formula is C13H23NO4. The van der Waals surface area contributed by atoms with Crippen LogP contribution in [0.25, 0.3) is 0 Å². The van der Waals surface area contributed by atoms with E-state index in [1.165, 1.54) is 4.90 Å². The average Bonchev–Trinajstić information content (AvgIpc) is 2.62. The van der Waals surface area contributed by atoms with Gasteiger partial charge in [0.15, 0.2) is 0 Å². The number of carbonyl (C=O) groups excluding carboxylic acids is 1. The highest BCUT2D eigenvalue weighted by molar-refractivity contribution is 5.83. The van der Waals surface area contributed by atoms with E-state index in [0.717, 1.165) is 19.3 Å². The lowest BCUT2D eigenvalue weighted by molar-refractivity contribution is -0.148. The van der Waals surface area contributed by atoms with Gasteiger partial charge in [-0.25, -0.2) is 0 Å². The maximum absolute atomic E-state index is 12.4. The van der Waals surface area contributed by atoms with Crippen molar-refractivity contribution in [1.29, 1.82) is 0 Å². The topological polar surface area (TPSA) is 66.8 Å². The summed E-state index contributed by atoms with van der Waals surface area (Å²) in [5.41, 5.74) is -0.0269. The number of rotatable bonds is 6. The summed E-state index contributed by atoms with van der Waals surface area (Å²) in [6.07, 6.45) is 2.91. The molecule has 0 heterocycles. The van der Waals surface area contributed by atoms with Crippen molar-refractivity contribution in [3.8, 4) is 0 Å². The maximum Gasteiger partial charge on any atom is 0.323 e. The smallest absolute Gasteiger partial charge is 0.323 e. The lowest BCUT2D eigenvalue weighted by Crippen LogP contribution is -2.44. The zero-order valence-corrected chi connectivity index (χ0v) is 11.4. The molecule has 18 heavy (non-hydrogen) atoms. The quantitative estimate of drug-likeness (QED) is 0.780. The third kappa shape index (κ3) is 3.70. The van der Waals surface area contributed by atoms with E-state index in [0.29, 0.717) is 13.2 Å². The summed E-state index contributed by atoms with van der Waals surface area (Å²) in [6.45, 7) is 4.63. The number of hydrogen-bond donors (Lipinski definition) is 1. The predicted molar refractivity (Wildman–Crippen MR) is 67.2 cm³/mol. The van der Waals surface area contributed by atoms with E-state index < -0.39 is 5.97 Å². The molecule has 0 spiro atoms. The summed E-state index contributed by atoms with van der Waals surface area (Å²) < 4.78 is 4.93.